The highest BCUT2D eigenvalue weighted by Crippen LogP contribution is 2.29. The van der Waals surface area contributed by atoms with Crippen molar-refractivity contribution in [2.45, 2.75) is 5.54 Å². The van der Waals surface area contributed by atoms with E-state index in [0.29, 0.717) is 11.1 Å². The van der Waals surface area contributed by atoms with E-state index in [1.165, 1.54) is 12.2 Å². The number of nitrogens with zero attached hydrogens (tertiary/aromatic N) is 1. The highest BCUT2D eigenvalue weighted by Gasteiger charge is 2.48. The number of ketones is 2. The number of imide groups is 1. The van der Waals surface area contributed by atoms with Crippen LogP contribution < -0.4 is 5.73 Å². The molecule has 2 amide bonds. The molecule has 2 aromatic rings. The summed E-state index contributed by atoms with van der Waals surface area (Å²) in [6, 6.07) is 13.0. The van der Waals surface area contributed by atoms with Crippen LogP contribution in [0.25, 0.3) is 0 Å². The Balaban J connectivity index is 1.57. The van der Waals surface area contributed by atoms with Gasteiger partial charge < -0.3 is 5.73 Å². The second kappa shape index (κ2) is 5.57. The van der Waals surface area contributed by atoms with Gasteiger partial charge in [-0.3, -0.25) is 24.1 Å². The van der Waals surface area contributed by atoms with Crippen molar-refractivity contribution >= 4 is 23.4 Å². The van der Waals surface area contributed by atoms with E-state index in [0.717, 1.165) is 4.90 Å². The third kappa shape index (κ3) is 2.09. The topological polar surface area (TPSA) is 97.5 Å². The lowest BCUT2D eigenvalue weighted by Crippen LogP contribution is -2.48. The monoisotopic (exact) mass is 346 g/mol. The molecule has 0 saturated heterocycles. The lowest BCUT2D eigenvalue weighted by molar-refractivity contribution is 0.0671. The average Bonchev–Trinajstić information content (AvgIpc) is 3.01. The maximum Gasteiger partial charge on any atom is 0.261 e. The summed E-state index contributed by atoms with van der Waals surface area (Å²) in [6.07, 6.45) is 2.70. The number of benzene rings is 2. The van der Waals surface area contributed by atoms with Crippen molar-refractivity contribution < 1.29 is 19.2 Å². The second-order valence-electron chi connectivity index (χ2n) is 6.24. The molecule has 0 unspecified atom stereocenters. The van der Waals surface area contributed by atoms with Crippen molar-refractivity contribution in [2.24, 2.45) is 5.73 Å². The van der Waals surface area contributed by atoms with Crippen LogP contribution in [0.5, 0.6) is 0 Å². The van der Waals surface area contributed by atoms with Crippen molar-refractivity contribution in [2.75, 3.05) is 6.54 Å². The lowest BCUT2D eigenvalue weighted by Gasteiger charge is -2.16. The van der Waals surface area contributed by atoms with E-state index in [-0.39, 0.29) is 17.7 Å². The van der Waals surface area contributed by atoms with Gasteiger partial charge in [0.15, 0.2) is 17.1 Å². The molecule has 128 valence electrons. The van der Waals surface area contributed by atoms with Gasteiger partial charge in [-0.05, 0) is 12.1 Å². The van der Waals surface area contributed by atoms with Gasteiger partial charge in [-0.25, -0.2) is 0 Å². The molecule has 0 atom stereocenters. The molecular formula is C20H14N2O4. The van der Waals surface area contributed by atoms with Crippen LogP contribution in [-0.4, -0.2) is 40.4 Å². The minimum atomic E-state index is -1.80. The van der Waals surface area contributed by atoms with Crippen molar-refractivity contribution in [3.05, 3.63) is 82.9 Å². The zero-order chi connectivity index (χ0) is 18.5. The molecule has 1 aliphatic heterocycles. The standard InChI is InChI=1S/C20H14N2O4/c21-20(16(23)12-6-1-2-7-13(12)17(20)24)10-5-11-22-18(25)14-8-3-4-9-15(14)19(22)26/h1-10H,11,21H2. The van der Waals surface area contributed by atoms with E-state index in [1.54, 1.807) is 48.5 Å². The van der Waals surface area contributed by atoms with Crippen LogP contribution in [0, 0.1) is 0 Å². The van der Waals surface area contributed by atoms with Gasteiger partial charge in [0.25, 0.3) is 11.8 Å². The van der Waals surface area contributed by atoms with E-state index >= 15 is 0 Å². The Morgan fingerprint density at radius 3 is 1.65 bits per heavy atom. The molecule has 6 nitrogen and oxygen atoms in total. The van der Waals surface area contributed by atoms with Crippen molar-refractivity contribution in [3.63, 3.8) is 0 Å². The van der Waals surface area contributed by atoms with Crippen LogP contribution in [0.4, 0.5) is 0 Å². The lowest BCUT2D eigenvalue weighted by atomic mass is 9.94. The first-order valence-corrected chi connectivity index (χ1v) is 8.05. The number of hydrogen-bond acceptors (Lipinski definition) is 5. The molecule has 0 radical (unpaired) electrons. The summed E-state index contributed by atoms with van der Waals surface area (Å²) >= 11 is 0. The number of hydrogen-bond donors (Lipinski definition) is 1. The Morgan fingerprint density at radius 1 is 0.769 bits per heavy atom. The van der Waals surface area contributed by atoms with Gasteiger partial charge in [0.05, 0.1) is 11.1 Å². The normalized spacial score (nSPS) is 18.0. The summed E-state index contributed by atoms with van der Waals surface area (Å²) in [5.41, 5.74) is 5.51. The number of carbonyl (C=O) groups is 4. The van der Waals surface area contributed by atoms with Crippen LogP contribution in [0.2, 0.25) is 0 Å². The molecule has 2 aliphatic rings. The maximum atomic E-state index is 12.5. The number of Topliss-reactive ketones (excluding diaryl/α,β-unsaturated/α-hetero) is 2. The fraction of sp³-hybridized carbons (Fsp3) is 0.100. The van der Waals surface area contributed by atoms with E-state index in [2.05, 4.69) is 0 Å². The van der Waals surface area contributed by atoms with Gasteiger partial charge in [-0.1, -0.05) is 48.6 Å². The third-order valence-electron chi connectivity index (χ3n) is 4.71. The Labute approximate surface area is 148 Å². The van der Waals surface area contributed by atoms with E-state index in [9.17, 15) is 19.2 Å². The molecule has 2 aromatic carbocycles. The molecule has 0 spiro atoms. The van der Waals surface area contributed by atoms with Crippen LogP contribution >= 0.6 is 0 Å². The fourth-order valence-electron chi connectivity index (χ4n) is 3.33. The van der Waals surface area contributed by atoms with Crippen molar-refractivity contribution in [3.8, 4) is 0 Å². The van der Waals surface area contributed by atoms with E-state index < -0.39 is 28.9 Å². The molecule has 0 fully saturated rings. The van der Waals surface area contributed by atoms with Crippen LogP contribution in [0.3, 0.4) is 0 Å². The van der Waals surface area contributed by atoms with Gasteiger partial charge in [0.2, 0.25) is 0 Å². The first kappa shape index (κ1) is 16.1. The predicted octanol–water partition coefficient (Wildman–Crippen LogP) is 1.62. The predicted molar refractivity (Wildman–Crippen MR) is 93.0 cm³/mol. The SMILES string of the molecule is NC1(C=CCN2C(=O)c3ccccc3C2=O)C(=O)c2ccccc2C1=O. The van der Waals surface area contributed by atoms with E-state index in [1.807, 2.05) is 0 Å². The number of carbonyl (C=O) groups excluding carboxylic acids is 4. The fourth-order valence-corrected chi connectivity index (χ4v) is 3.33. The number of amides is 2. The largest absolute Gasteiger partial charge is 0.309 e. The quantitative estimate of drug-likeness (QED) is 0.517. The molecule has 4 rings (SSSR count). The number of fused-ring (bicyclic) bond motifs is 2. The molecule has 26 heavy (non-hydrogen) atoms. The summed E-state index contributed by atoms with van der Waals surface area (Å²) in [7, 11) is 0. The Morgan fingerprint density at radius 2 is 1.19 bits per heavy atom. The van der Waals surface area contributed by atoms with Gasteiger partial charge in [-0.15, -0.1) is 0 Å². The van der Waals surface area contributed by atoms with Gasteiger partial charge >= 0.3 is 0 Å². The summed E-state index contributed by atoms with van der Waals surface area (Å²) in [4.78, 5) is 50.7. The second-order valence-corrected chi connectivity index (χ2v) is 6.24. The molecular weight excluding hydrogens is 332 g/mol. The zero-order valence-corrected chi connectivity index (χ0v) is 13.6. The smallest absolute Gasteiger partial charge is 0.261 e. The van der Waals surface area contributed by atoms with E-state index in [4.69, 9.17) is 5.73 Å². The van der Waals surface area contributed by atoms with Gasteiger partial charge in [0.1, 0.15) is 0 Å². The molecule has 2 N–H and O–H groups in total. The molecule has 1 heterocycles. The molecule has 0 aromatic heterocycles. The van der Waals surface area contributed by atoms with Crippen LogP contribution in [0.1, 0.15) is 41.4 Å². The Hall–Kier alpha value is -3.38. The first-order chi connectivity index (χ1) is 12.4. The summed E-state index contributed by atoms with van der Waals surface area (Å²) in [5.74, 6) is -1.80. The highest BCUT2D eigenvalue weighted by atomic mass is 16.2. The summed E-state index contributed by atoms with van der Waals surface area (Å²) in [6.45, 7) is -0.0673. The Kier molecular flexibility index (Phi) is 3.45. The van der Waals surface area contributed by atoms with Crippen LogP contribution in [0.15, 0.2) is 60.7 Å². The maximum absolute atomic E-state index is 12.5. The number of nitrogens with two attached hydrogens (primary N) is 1. The van der Waals surface area contributed by atoms with Crippen molar-refractivity contribution in [1.82, 2.24) is 4.90 Å². The van der Waals surface area contributed by atoms with Crippen LogP contribution in [-0.2, 0) is 0 Å². The highest BCUT2D eigenvalue weighted by molar-refractivity contribution is 6.34. The molecule has 0 saturated carbocycles. The minimum absolute atomic E-state index is 0.0673. The summed E-state index contributed by atoms with van der Waals surface area (Å²) < 4.78 is 0. The molecule has 1 aliphatic carbocycles. The summed E-state index contributed by atoms with van der Waals surface area (Å²) in [5, 5.41) is 0. The first-order valence-electron chi connectivity index (χ1n) is 8.05. The Bertz CT molecular complexity index is 952. The average molecular weight is 346 g/mol. The van der Waals surface area contributed by atoms with Gasteiger partial charge in [0, 0.05) is 17.7 Å². The van der Waals surface area contributed by atoms with Crippen molar-refractivity contribution in [1.29, 1.82) is 0 Å². The molecule has 6 heteroatoms. The number of rotatable bonds is 3. The molecule has 0 bridgehead atoms. The van der Waals surface area contributed by atoms with Gasteiger partial charge in [-0.2, -0.15) is 0 Å². The minimum Gasteiger partial charge on any atom is -0.309 e. The third-order valence-corrected chi connectivity index (χ3v) is 4.71. The zero-order valence-electron chi connectivity index (χ0n) is 13.6.